The lowest BCUT2D eigenvalue weighted by Crippen LogP contribution is -2.13. The molecule has 3 aromatic rings. The largest absolute Gasteiger partial charge is 0.453 e. The van der Waals surface area contributed by atoms with Gasteiger partial charge in [0.1, 0.15) is 11.3 Å². The number of benzene rings is 3. The van der Waals surface area contributed by atoms with E-state index in [1.807, 2.05) is 0 Å². The molecule has 1 amide bonds. The normalized spacial score (nSPS) is 11.2. The van der Waals surface area contributed by atoms with Crippen molar-refractivity contribution in [2.45, 2.75) is 6.18 Å². The fourth-order valence-corrected chi connectivity index (χ4v) is 2.77. The molecule has 3 rings (SSSR count). The molecular weight excluding hydrogens is 408 g/mol. The van der Waals surface area contributed by atoms with Gasteiger partial charge in [-0.25, -0.2) is 4.39 Å². The van der Waals surface area contributed by atoms with Crippen molar-refractivity contribution in [2.75, 3.05) is 0 Å². The van der Waals surface area contributed by atoms with Crippen molar-refractivity contribution < 1.29 is 32.0 Å². The van der Waals surface area contributed by atoms with Gasteiger partial charge in [-0.1, -0.05) is 24.3 Å². The molecule has 0 fully saturated rings. The number of nitro groups is 1. The summed E-state index contributed by atoms with van der Waals surface area (Å²) in [6.07, 6.45) is -5.04. The molecule has 0 aliphatic carbocycles. The number of amides is 1. The molecule has 0 heterocycles. The molecule has 0 unspecified atom stereocenters. The number of carbonyl (C=O) groups is 1. The van der Waals surface area contributed by atoms with Crippen molar-refractivity contribution >= 4 is 11.6 Å². The minimum Gasteiger partial charge on any atom is -0.453 e. The van der Waals surface area contributed by atoms with Crippen LogP contribution in [0.1, 0.15) is 15.9 Å². The second kappa shape index (κ2) is 7.82. The van der Waals surface area contributed by atoms with Gasteiger partial charge in [0.25, 0.3) is 11.6 Å². The van der Waals surface area contributed by atoms with E-state index in [0.717, 1.165) is 18.2 Å². The first kappa shape index (κ1) is 20.8. The number of para-hydroxylation sites is 1. The maximum absolute atomic E-state index is 15.2. The Morgan fingerprint density at radius 2 is 1.70 bits per heavy atom. The first-order chi connectivity index (χ1) is 14.1. The molecule has 0 saturated carbocycles. The first-order valence-electron chi connectivity index (χ1n) is 8.31. The average Bonchev–Trinajstić information content (AvgIpc) is 2.69. The summed E-state index contributed by atoms with van der Waals surface area (Å²) in [4.78, 5) is 21.4. The Bertz CT molecular complexity index is 1130. The quantitative estimate of drug-likeness (QED) is 0.344. The Morgan fingerprint density at radius 3 is 2.27 bits per heavy atom. The van der Waals surface area contributed by atoms with Crippen LogP contribution in [0.2, 0.25) is 0 Å². The summed E-state index contributed by atoms with van der Waals surface area (Å²) in [5.41, 5.74) is 1.58. The standard InChI is InChI=1S/C20H12F4N2O4/c21-17-13(11-6-9-16(26(28)29)15(10-11)20(22,23)24)7-8-14(19(25)27)18(17)30-12-4-2-1-3-5-12/h1-10H,(H2,25,27). The molecule has 154 valence electrons. The topological polar surface area (TPSA) is 95.5 Å². The first-order valence-corrected chi connectivity index (χ1v) is 8.31. The van der Waals surface area contributed by atoms with Gasteiger partial charge in [-0.05, 0) is 35.9 Å². The molecule has 0 saturated heterocycles. The van der Waals surface area contributed by atoms with Crippen LogP contribution in [0.3, 0.4) is 0 Å². The highest BCUT2D eigenvalue weighted by Gasteiger charge is 2.38. The molecule has 30 heavy (non-hydrogen) atoms. The Morgan fingerprint density at radius 1 is 1.03 bits per heavy atom. The number of hydrogen-bond donors (Lipinski definition) is 1. The van der Waals surface area contributed by atoms with Gasteiger partial charge >= 0.3 is 6.18 Å². The van der Waals surface area contributed by atoms with Crippen LogP contribution in [0, 0.1) is 15.9 Å². The van der Waals surface area contributed by atoms with Crippen LogP contribution in [0.15, 0.2) is 60.7 Å². The van der Waals surface area contributed by atoms with Crippen LogP contribution in [-0.2, 0) is 6.18 Å². The lowest BCUT2D eigenvalue weighted by atomic mass is 9.99. The van der Waals surface area contributed by atoms with Crippen molar-refractivity contribution in [1.29, 1.82) is 0 Å². The second-order valence-electron chi connectivity index (χ2n) is 6.07. The van der Waals surface area contributed by atoms with Crippen LogP contribution in [0.5, 0.6) is 11.5 Å². The van der Waals surface area contributed by atoms with Crippen LogP contribution in [0.25, 0.3) is 11.1 Å². The highest BCUT2D eigenvalue weighted by molar-refractivity contribution is 5.96. The Balaban J connectivity index is 2.19. The lowest BCUT2D eigenvalue weighted by Gasteiger charge is -2.14. The molecule has 3 aromatic carbocycles. The number of primary amides is 1. The van der Waals surface area contributed by atoms with Gasteiger partial charge < -0.3 is 10.5 Å². The third-order valence-electron chi connectivity index (χ3n) is 4.14. The fraction of sp³-hybridized carbons (Fsp3) is 0.0500. The number of rotatable bonds is 5. The van der Waals surface area contributed by atoms with Gasteiger partial charge in [-0.15, -0.1) is 0 Å². The number of alkyl halides is 3. The molecular formula is C20H12F4N2O4. The van der Waals surface area contributed by atoms with E-state index in [9.17, 15) is 28.1 Å². The summed E-state index contributed by atoms with van der Waals surface area (Å²) < 4.78 is 60.4. The van der Waals surface area contributed by atoms with E-state index >= 15 is 4.39 Å². The summed E-state index contributed by atoms with van der Waals surface area (Å²) in [6, 6.07) is 12.0. The minimum absolute atomic E-state index is 0.163. The zero-order chi connectivity index (χ0) is 22.1. The smallest absolute Gasteiger partial charge is 0.423 e. The minimum atomic E-state index is -5.04. The van der Waals surface area contributed by atoms with Crippen LogP contribution in [-0.4, -0.2) is 10.8 Å². The van der Waals surface area contributed by atoms with Gasteiger partial charge in [0.2, 0.25) is 0 Å². The van der Waals surface area contributed by atoms with E-state index in [2.05, 4.69) is 0 Å². The second-order valence-corrected chi connectivity index (χ2v) is 6.07. The maximum Gasteiger partial charge on any atom is 0.423 e. The lowest BCUT2D eigenvalue weighted by molar-refractivity contribution is -0.388. The van der Waals surface area contributed by atoms with Crippen molar-refractivity contribution in [2.24, 2.45) is 5.73 Å². The molecule has 0 atom stereocenters. The molecule has 2 N–H and O–H groups in total. The number of nitrogens with two attached hydrogens (primary N) is 1. The molecule has 0 spiro atoms. The Kier molecular flexibility index (Phi) is 5.41. The monoisotopic (exact) mass is 420 g/mol. The van der Waals surface area contributed by atoms with Gasteiger partial charge in [0.15, 0.2) is 11.6 Å². The van der Waals surface area contributed by atoms with E-state index in [1.165, 1.54) is 12.1 Å². The van der Waals surface area contributed by atoms with E-state index in [4.69, 9.17) is 10.5 Å². The highest BCUT2D eigenvalue weighted by atomic mass is 19.4. The molecule has 0 radical (unpaired) electrons. The van der Waals surface area contributed by atoms with Crippen LogP contribution >= 0.6 is 0 Å². The number of nitrogens with zero attached hydrogens (tertiary/aromatic N) is 1. The van der Waals surface area contributed by atoms with E-state index < -0.39 is 39.8 Å². The van der Waals surface area contributed by atoms with Gasteiger partial charge in [-0.2, -0.15) is 13.2 Å². The zero-order valence-electron chi connectivity index (χ0n) is 14.9. The summed E-state index contributed by atoms with van der Waals surface area (Å²) in [6.45, 7) is 0. The van der Waals surface area contributed by atoms with Gasteiger partial charge in [-0.3, -0.25) is 14.9 Å². The van der Waals surface area contributed by atoms with E-state index in [-0.39, 0.29) is 22.4 Å². The number of ether oxygens (including phenoxy) is 1. The zero-order valence-corrected chi connectivity index (χ0v) is 14.9. The van der Waals surface area contributed by atoms with Crippen molar-refractivity contribution in [3.8, 4) is 22.6 Å². The van der Waals surface area contributed by atoms with Crippen molar-refractivity contribution in [3.05, 3.63) is 87.7 Å². The predicted molar refractivity (Wildman–Crippen MR) is 98.5 cm³/mol. The van der Waals surface area contributed by atoms with E-state index in [1.54, 1.807) is 18.2 Å². The van der Waals surface area contributed by atoms with Gasteiger partial charge in [0, 0.05) is 11.6 Å². The summed E-state index contributed by atoms with van der Waals surface area (Å²) in [5, 5.41) is 10.9. The summed E-state index contributed by atoms with van der Waals surface area (Å²) in [5.74, 6) is -2.56. The SMILES string of the molecule is NC(=O)c1ccc(-c2ccc([N+](=O)[O-])c(C(F)(F)F)c2)c(F)c1Oc1ccccc1. The van der Waals surface area contributed by atoms with Crippen molar-refractivity contribution in [3.63, 3.8) is 0 Å². The molecule has 0 aliphatic heterocycles. The number of nitro benzene ring substituents is 1. The van der Waals surface area contributed by atoms with Crippen LogP contribution < -0.4 is 10.5 Å². The number of hydrogen-bond acceptors (Lipinski definition) is 4. The molecule has 0 aliphatic rings. The summed E-state index contributed by atoms with van der Waals surface area (Å²) >= 11 is 0. The third kappa shape index (κ3) is 4.07. The predicted octanol–water partition coefficient (Wildman–Crippen LogP) is 5.31. The average molecular weight is 420 g/mol. The number of halogens is 4. The molecule has 0 aromatic heterocycles. The van der Waals surface area contributed by atoms with Gasteiger partial charge in [0.05, 0.1) is 10.5 Å². The van der Waals surface area contributed by atoms with Crippen LogP contribution in [0.4, 0.5) is 23.2 Å². The maximum atomic E-state index is 15.2. The Hall–Kier alpha value is -3.95. The highest BCUT2D eigenvalue weighted by Crippen LogP contribution is 2.41. The fourth-order valence-electron chi connectivity index (χ4n) is 2.77. The third-order valence-corrected chi connectivity index (χ3v) is 4.14. The van der Waals surface area contributed by atoms with E-state index in [0.29, 0.717) is 12.1 Å². The van der Waals surface area contributed by atoms with Crippen molar-refractivity contribution in [1.82, 2.24) is 0 Å². The molecule has 10 heteroatoms. The molecule has 6 nitrogen and oxygen atoms in total. The Labute approximate surface area is 166 Å². The summed E-state index contributed by atoms with van der Waals surface area (Å²) in [7, 11) is 0. The molecule has 0 bridgehead atoms. The number of carbonyl (C=O) groups excluding carboxylic acids is 1.